The number of terminal acetylenes is 1. The van der Waals surface area contributed by atoms with E-state index in [4.69, 9.17) is 15.9 Å². The molecule has 0 aliphatic heterocycles. The molecule has 0 spiro atoms. The molecule has 0 heterocycles. The average molecular weight is 216 g/mol. The Hall–Kier alpha value is -1.62. The Bertz CT molecular complexity index is 400. The molecule has 2 heteroatoms. The van der Waals surface area contributed by atoms with E-state index in [0.29, 0.717) is 12.7 Å². The Balaban J connectivity index is 2.17. The second-order valence-electron chi connectivity index (χ2n) is 3.91. The second-order valence-corrected chi connectivity index (χ2v) is 3.91. The number of hydrogen-bond acceptors (Lipinski definition) is 2. The van der Waals surface area contributed by atoms with E-state index in [1.165, 1.54) is 6.42 Å². The number of hydrogen-bond donors (Lipinski definition) is 0. The summed E-state index contributed by atoms with van der Waals surface area (Å²) in [5.41, 5.74) is 0.824. The highest BCUT2D eigenvalue weighted by atomic mass is 16.5. The van der Waals surface area contributed by atoms with Gasteiger partial charge in [0.15, 0.2) is 11.5 Å². The maximum atomic E-state index is 5.84. The molecule has 16 heavy (non-hydrogen) atoms. The highest BCUT2D eigenvalue weighted by molar-refractivity contribution is 5.47. The van der Waals surface area contributed by atoms with E-state index in [9.17, 15) is 0 Å². The van der Waals surface area contributed by atoms with Gasteiger partial charge in [0, 0.05) is 5.56 Å². The van der Waals surface area contributed by atoms with Gasteiger partial charge in [0.05, 0.1) is 12.7 Å². The maximum Gasteiger partial charge on any atom is 0.162 e. The molecule has 0 saturated heterocycles. The Morgan fingerprint density at radius 1 is 1.38 bits per heavy atom. The van der Waals surface area contributed by atoms with Crippen molar-refractivity contribution in [2.45, 2.75) is 32.3 Å². The fraction of sp³-hybridized carbons (Fsp3) is 0.429. The molecule has 0 amide bonds. The molecule has 1 aromatic rings. The van der Waals surface area contributed by atoms with E-state index in [1.807, 2.05) is 25.1 Å². The zero-order valence-electron chi connectivity index (χ0n) is 9.53. The van der Waals surface area contributed by atoms with Gasteiger partial charge in [-0.3, -0.25) is 0 Å². The Morgan fingerprint density at radius 2 is 2.19 bits per heavy atom. The van der Waals surface area contributed by atoms with Crippen molar-refractivity contribution >= 4 is 0 Å². The van der Waals surface area contributed by atoms with E-state index >= 15 is 0 Å². The number of ether oxygens (including phenoxy) is 2. The van der Waals surface area contributed by atoms with Crippen LogP contribution in [0.15, 0.2) is 18.2 Å². The lowest BCUT2D eigenvalue weighted by atomic mass is 9.96. The van der Waals surface area contributed by atoms with E-state index in [2.05, 4.69) is 5.92 Å². The van der Waals surface area contributed by atoms with E-state index in [1.54, 1.807) is 0 Å². The zero-order chi connectivity index (χ0) is 11.4. The minimum absolute atomic E-state index is 0.357. The second kappa shape index (κ2) is 4.94. The lowest BCUT2D eigenvalue weighted by Gasteiger charge is -2.27. The summed E-state index contributed by atoms with van der Waals surface area (Å²) in [5.74, 6) is 4.16. The summed E-state index contributed by atoms with van der Waals surface area (Å²) in [6, 6.07) is 5.65. The first kappa shape index (κ1) is 10.9. The van der Waals surface area contributed by atoms with Crippen LogP contribution in [0.5, 0.6) is 11.5 Å². The molecule has 0 N–H and O–H groups in total. The summed E-state index contributed by atoms with van der Waals surface area (Å²) in [4.78, 5) is 0. The molecule has 84 valence electrons. The van der Waals surface area contributed by atoms with Crippen LogP contribution in [0.1, 0.15) is 31.7 Å². The van der Waals surface area contributed by atoms with Crippen molar-refractivity contribution < 1.29 is 9.47 Å². The molecule has 1 aliphatic carbocycles. The minimum Gasteiger partial charge on any atom is -0.490 e. The van der Waals surface area contributed by atoms with Gasteiger partial charge >= 0.3 is 0 Å². The van der Waals surface area contributed by atoms with Crippen molar-refractivity contribution in [3.05, 3.63) is 23.8 Å². The lowest BCUT2D eigenvalue weighted by Crippen LogP contribution is -2.24. The van der Waals surface area contributed by atoms with Gasteiger partial charge in [-0.25, -0.2) is 0 Å². The van der Waals surface area contributed by atoms with Crippen LogP contribution in [0, 0.1) is 12.3 Å². The molecule has 1 fully saturated rings. The minimum atomic E-state index is 0.357. The van der Waals surface area contributed by atoms with Crippen LogP contribution in [0.25, 0.3) is 0 Å². The quantitative estimate of drug-likeness (QED) is 0.720. The molecule has 1 aromatic carbocycles. The van der Waals surface area contributed by atoms with Crippen LogP contribution in [-0.4, -0.2) is 12.7 Å². The van der Waals surface area contributed by atoms with Crippen LogP contribution in [-0.2, 0) is 0 Å². The van der Waals surface area contributed by atoms with Crippen LogP contribution in [0.3, 0.4) is 0 Å². The molecule has 1 saturated carbocycles. The van der Waals surface area contributed by atoms with Gasteiger partial charge in [-0.05, 0) is 44.4 Å². The molecule has 2 nitrogen and oxygen atoms in total. The van der Waals surface area contributed by atoms with Crippen molar-refractivity contribution in [3.8, 4) is 23.8 Å². The molecule has 0 bridgehead atoms. The van der Waals surface area contributed by atoms with E-state index < -0.39 is 0 Å². The van der Waals surface area contributed by atoms with Gasteiger partial charge in [-0.2, -0.15) is 0 Å². The first-order valence-electron chi connectivity index (χ1n) is 5.73. The molecule has 0 radical (unpaired) electrons. The first-order valence-corrected chi connectivity index (χ1v) is 5.73. The molecule has 2 rings (SSSR count). The summed E-state index contributed by atoms with van der Waals surface area (Å²) >= 11 is 0. The van der Waals surface area contributed by atoms with Gasteiger partial charge in [-0.15, -0.1) is 6.42 Å². The standard InChI is InChI=1S/C14H16O2/c1-3-11-8-9-13(14(10-11)15-4-2)16-12-6-5-7-12/h1,8-10,12H,4-7H2,2H3. The van der Waals surface area contributed by atoms with Gasteiger partial charge in [0.2, 0.25) is 0 Å². The number of rotatable bonds is 4. The fourth-order valence-electron chi connectivity index (χ4n) is 1.63. The van der Waals surface area contributed by atoms with Crippen molar-refractivity contribution in [2.24, 2.45) is 0 Å². The predicted molar refractivity (Wildman–Crippen MR) is 63.8 cm³/mol. The van der Waals surface area contributed by atoms with Crippen LogP contribution in [0.4, 0.5) is 0 Å². The monoisotopic (exact) mass is 216 g/mol. The van der Waals surface area contributed by atoms with Crippen molar-refractivity contribution in [1.29, 1.82) is 0 Å². The smallest absolute Gasteiger partial charge is 0.162 e. The fourth-order valence-corrected chi connectivity index (χ4v) is 1.63. The molecule has 0 aromatic heterocycles. The highest BCUT2D eigenvalue weighted by Crippen LogP contribution is 2.33. The van der Waals surface area contributed by atoms with Crippen molar-refractivity contribution in [3.63, 3.8) is 0 Å². The van der Waals surface area contributed by atoms with Gasteiger partial charge in [-0.1, -0.05) is 5.92 Å². The molecule has 0 atom stereocenters. The Kier molecular flexibility index (Phi) is 3.36. The van der Waals surface area contributed by atoms with E-state index in [-0.39, 0.29) is 0 Å². The van der Waals surface area contributed by atoms with Gasteiger partial charge < -0.3 is 9.47 Å². The molecular weight excluding hydrogens is 200 g/mol. The van der Waals surface area contributed by atoms with E-state index in [0.717, 1.165) is 29.9 Å². The Labute approximate surface area is 96.6 Å². The summed E-state index contributed by atoms with van der Waals surface area (Å²) in [6.45, 7) is 2.57. The van der Waals surface area contributed by atoms with Crippen LogP contribution < -0.4 is 9.47 Å². The number of benzene rings is 1. The van der Waals surface area contributed by atoms with Gasteiger partial charge in [0.1, 0.15) is 0 Å². The third-order valence-electron chi connectivity index (χ3n) is 2.76. The van der Waals surface area contributed by atoms with Crippen LogP contribution >= 0.6 is 0 Å². The summed E-state index contributed by atoms with van der Waals surface area (Å²) in [5, 5.41) is 0. The summed E-state index contributed by atoms with van der Waals surface area (Å²) in [7, 11) is 0. The Morgan fingerprint density at radius 3 is 2.75 bits per heavy atom. The zero-order valence-corrected chi connectivity index (χ0v) is 9.53. The molecular formula is C14H16O2. The third-order valence-corrected chi connectivity index (χ3v) is 2.76. The predicted octanol–water partition coefficient (Wildman–Crippen LogP) is 3.00. The molecule has 0 unspecified atom stereocenters. The lowest BCUT2D eigenvalue weighted by molar-refractivity contribution is 0.115. The third kappa shape index (κ3) is 2.30. The highest BCUT2D eigenvalue weighted by Gasteiger charge is 2.20. The largest absolute Gasteiger partial charge is 0.490 e. The normalized spacial score (nSPS) is 15.0. The van der Waals surface area contributed by atoms with Crippen molar-refractivity contribution in [1.82, 2.24) is 0 Å². The van der Waals surface area contributed by atoms with Crippen molar-refractivity contribution in [2.75, 3.05) is 6.61 Å². The first-order chi connectivity index (χ1) is 7.83. The average Bonchev–Trinajstić information content (AvgIpc) is 2.25. The summed E-state index contributed by atoms with van der Waals surface area (Å²) in [6.07, 6.45) is 9.26. The van der Waals surface area contributed by atoms with Gasteiger partial charge in [0.25, 0.3) is 0 Å². The summed E-state index contributed by atoms with van der Waals surface area (Å²) < 4.78 is 11.4. The SMILES string of the molecule is C#Cc1ccc(OC2CCC2)c(OCC)c1. The van der Waals surface area contributed by atoms with Crippen LogP contribution in [0.2, 0.25) is 0 Å². The molecule has 1 aliphatic rings. The maximum absolute atomic E-state index is 5.84. The topological polar surface area (TPSA) is 18.5 Å².